The van der Waals surface area contributed by atoms with Crippen molar-refractivity contribution in [3.8, 4) is 0 Å². The standard InChI is InChI=1S/C19H21NO6S/c1-13-10-17(14(2)26-13)19(22)25-11-18(21)20(15-6-4-3-5-7-15)16-8-9-27(23,24)12-16/h3-7,10,16H,8-9,11-12H2,1-2H3/t16-/m1/s1. The van der Waals surface area contributed by atoms with Crippen molar-refractivity contribution in [2.45, 2.75) is 26.3 Å². The van der Waals surface area contributed by atoms with Gasteiger partial charge in [-0.2, -0.15) is 0 Å². The molecule has 2 heterocycles. The summed E-state index contributed by atoms with van der Waals surface area (Å²) in [5.74, 6) is -0.165. The highest BCUT2D eigenvalue weighted by Gasteiger charge is 2.35. The van der Waals surface area contributed by atoms with Gasteiger partial charge in [0.1, 0.15) is 17.1 Å². The number of furan rings is 1. The van der Waals surface area contributed by atoms with E-state index in [1.807, 2.05) is 6.07 Å². The SMILES string of the molecule is Cc1cc(C(=O)OCC(=O)N(c2ccccc2)[C@@H]2CCS(=O)(=O)C2)c(C)o1. The van der Waals surface area contributed by atoms with E-state index >= 15 is 0 Å². The minimum atomic E-state index is -3.17. The molecule has 2 aromatic rings. The number of benzene rings is 1. The third-order valence-electron chi connectivity index (χ3n) is 4.46. The third-order valence-corrected chi connectivity index (χ3v) is 6.21. The van der Waals surface area contributed by atoms with Crippen LogP contribution in [0.5, 0.6) is 0 Å². The first-order valence-electron chi connectivity index (χ1n) is 8.58. The molecule has 0 aliphatic carbocycles. The minimum Gasteiger partial charge on any atom is -0.466 e. The second-order valence-corrected chi connectivity index (χ2v) is 8.79. The Balaban J connectivity index is 1.75. The number of carbonyl (C=O) groups excluding carboxylic acids is 2. The fourth-order valence-electron chi connectivity index (χ4n) is 3.23. The van der Waals surface area contributed by atoms with Gasteiger partial charge >= 0.3 is 5.97 Å². The maximum atomic E-state index is 12.8. The van der Waals surface area contributed by atoms with Crippen LogP contribution in [0.1, 0.15) is 28.3 Å². The number of hydrogen-bond donors (Lipinski definition) is 0. The summed E-state index contributed by atoms with van der Waals surface area (Å²) < 4.78 is 34.2. The molecule has 0 saturated carbocycles. The van der Waals surface area contributed by atoms with E-state index in [1.54, 1.807) is 44.2 Å². The molecule has 1 fully saturated rings. The van der Waals surface area contributed by atoms with Crippen molar-refractivity contribution in [3.05, 3.63) is 53.5 Å². The summed E-state index contributed by atoms with van der Waals surface area (Å²) in [5.41, 5.74) is 0.853. The number of carbonyl (C=O) groups is 2. The molecule has 0 N–H and O–H groups in total. The van der Waals surface area contributed by atoms with Crippen molar-refractivity contribution in [2.75, 3.05) is 23.0 Å². The Bertz CT molecular complexity index is 948. The lowest BCUT2D eigenvalue weighted by Gasteiger charge is -2.28. The number of aryl methyl sites for hydroxylation is 2. The molecule has 27 heavy (non-hydrogen) atoms. The van der Waals surface area contributed by atoms with Gasteiger partial charge in [-0.15, -0.1) is 0 Å². The van der Waals surface area contributed by atoms with Crippen LogP contribution in [-0.4, -0.2) is 44.4 Å². The van der Waals surface area contributed by atoms with Gasteiger partial charge in [0.25, 0.3) is 5.91 Å². The molecule has 1 saturated heterocycles. The molecular weight excluding hydrogens is 370 g/mol. The number of esters is 1. The highest BCUT2D eigenvalue weighted by molar-refractivity contribution is 7.91. The van der Waals surface area contributed by atoms with Crippen LogP contribution in [0.15, 0.2) is 40.8 Å². The number of anilines is 1. The largest absolute Gasteiger partial charge is 0.466 e. The van der Waals surface area contributed by atoms with Gasteiger partial charge in [-0.05, 0) is 38.5 Å². The van der Waals surface area contributed by atoms with Gasteiger partial charge in [0.15, 0.2) is 16.4 Å². The van der Waals surface area contributed by atoms with Gasteiger partial charge in [0.05, 0.1) is 17.5 Å². The van der Waals surface area contributed by atoms with Gasteiger partial charge in [-0.1, -0.05) is 18.2 Å². The summed E-state index contributed by atoms with van der Waals surface area (Å²) in [6.45, 7) is 2.88. The van der Waals surface area contributed by atoms with Crippen LogP contribution in [0.4, 0.5) is 5.69 Å². The lowest BCUT2D eigenvalue weighted by atomic mass is 10.2. The summed E-state index contributed by atoms with van der Waals surface area (Å²) in [5, 5.41) is 0. The number of sulfone groups is 1. The van der Waals surface area contributed by atoms with Crippen LogP contribution in [0, 0.1) is 13.8 Å². The smallest absolute Gasteiger partial charge is 0.342 e. The molecule has 144 valence electrons. The number of amides is 1. The highest BCUT2D eigenvalue weighted by atomic mass is 32.2. The lowest BCUT2D eigenvalue weighted by molar-refractivity contribution is -0.122. The monoisotopic (exact) mass is 391 g/mol. The Hall–Kier alpha value is -2.61. The number of hydrogen-bond acceptors (Lipinski definition) is 6. The Morgan fingerprint density at radius 2 is 1.93 bits per heavy atom. The van der Waals surface area contributed by atoms with Gasteiger partial charge in [-0.25, -0.2) is 13.2 Å². The summed E-state index contributed by atoms with van der Waals surface area (Å²) in [6.07, 6.45) is 0.358. The van der Waals surface area contributed by atoms with Gasteiger partial charge in [-0.3, -0.25) is 4.79 Å². The van der Waals surface area contributed by atoms with Gasteiger partial charge in [0, 0.05) is 5.69 Å². The molecule has 0 radical (unpaired) electrons. The Labute approximate surface area is 157 Å². The zero-order valence-electron chi connectivity index (χ0n) is 15.2. The molecular formula is C19H21NO6S. The van der Waals surface area contributed by atoms with E-state index in [-0.39, 0.29) is 17.1 Å². The first-order valence-corrected chi connectivity index (χ1v) is 10.4. The average Bonchev–Trinajstić information content (AvgIpc) is 3.15. The van der Waals surface area contributed by atoms with Crippen molar-refractivity contribution >= 4 is 27.4 Å². The van der Waals surface area contributed by atoms with Crippen LogP contribution < -0.4 is 4.90 Å². The van der Waals surface area contributed by atoms with Crippen molar-refractivity contribution in [3.63, 3.8) is 0 Å². The number of ether oxygens (including phenoxy) is 1. The Morgan fingerprint density at radius 3 is 2.48 bits per heavy atom. The molecule has 7 nitrogen and oxygen atoms in total. The van der Waals surface area contributed by atoms with E-state index in [2.05, 4.69) is 0 Å². The second-order valence-electron chi connectivity index (χ2n) is 6.56. The molecule has 0 spiro atoms. The maximum absolute atomic E-state index is 12.8. The molecule has 1 aliphatic rings. The van der Waals surface area contributed by atoms with Gasteiger partial charge in [0.2, 0.25) is 0 Å². The van der Waals surface area contributed by atoms with E-state index < -0.39 is 34.4 Å². The topological polar surface area (TPSA) is 93.9 Å². The number of para-hydroxylation sites is 1. The lowest BCUT2D eigenvalue weighted by Crippen LogP contribution is -2.43. The van der Waals surface area contributed by atoms with E-state index in [1.165, 1.54) is 4.90 Å². The quantitative estimate of drug-likeness (QED) is 0.726. The van der Waals surface area contributed by atoms with Crippen LogP contribution >= 0.6 is 0 Å². The zero-order valence-corrected chi connectivity index (χ0v) is 16.0. The average molecular weight is 391 g/mol. The molecule has 1 amide bonds. The summed E-state index contributed by atoms with van der Waals surface area (Å²) >= 11 is 0. The predicted molar refractivity (Wildman–Crippen MR) is 99.5 cm³/mol. The van der Waals surface area contributed by atoms with Crippen molar-refractivity contribution < 1.29 is 27.2 Å². The summed E-state index contributed by atoms with van der Waals surface area (Å²) in [7, 11) is -3.17. The van der Waals surface area contributed by atoms with Crippen molar-refractivity contribution in [2.24, 2.45) is 0 Å². The van der Waals surface area contributed by atoms with Crippen LogP contribution in [-0.2, 0) is 19.4 Å². The molecule has 1 aromatic carbocycles. The minimum absolute atomic E-state index is 0.0432. The van der Waals surface area contributed by atoms with E-state index in [4.69, 9.17) is 9.15 Å². The predicted octanol–water partition coefficient (Wildman–Crippen LogP) is 2.27. The molecule has 0 unspecified atom stereocenters. The first kappa shape index (κ1) is 19.2. The fourth-order valence-corrected chi connectivity index (χ4v) is 4.93. The van der Waals surface area contributed by atoms with Crippen LogP contribution in [0.25, 0.3) is 0 Å². The molecule has 1 aromatic heterocycles. The normalized spacial score (nSPS) is 18.2. The van der Waals surface area contributed by atoms with Crippen molar-refractivity contribution in [1.82, 2.24) is 0 Å². The van der Waals surface area contributed by atoms with E-state index in [9.17, 15) is 18.0 Å². The molecule has 3 rings (SSSR count). The molecule has 1 atom stereocenters. The molecule has 8 heteroatoms. The van der Waals surface area contributed by atoms with Crippen LogP contribution in [0.3, 0.4) is 0 Å². The van der Waals surface area contributed by atoms with Crippen LogP contribution in [0.2, 0.25) is 0 Å². The van der Waals surface area contributed by atoms with E-state index in [0.717, 1.165) is 0 Å². The number of nitrogens with zero attached hydrogens (tertiary/aromatic N) is 1. The molecule has 0 bridgehead atoms. The van der Waals surface area contributed by atoms with Crippen molar-refractivity contribution in [1.29, 1.82) is 0 Å². The first-order chi connectivity index (χ1) is 12.8. The maximum Gasteiger partial charge on any atom is 0.342 e. The third kappa shape index (κ3) is 4.39. The fraction of sp³-hybridized carbons (Fsp3) is 0.368. The Morgan fingerprint density at radius 1 is 1.22 bits per heavy atom. The second kappa shape index (κ2) is 7.56. The zero-order chi connectivity index (χ0) is 19.6. The molecule has 1 aliphatic heterocycles. The highest BCUT2D eigenvalue weighted by Crippen LogP contribution is 2.25. The summed E-state index contributed by atoms with van der Waals surface area (Å²) in [6, 6.07) is 9.89. The number of rotatable bonds is 5. The summed E-state index contributed by atoms with van der Waals surface area (Å²) in [4.78, 5) is 26.4. The van der Waals surface area contributed by atoms with Gasteiger partial charge < -0.3 is 14.1 Å². The Kier molecular flexibility index (Phi) is 5.36. The van der Waals surface area contributed by atoms with E-state index in [0.29, 0.717) is 23.6 Å².